The van der Waals surface area contributed by atoms with Crippen molar-refractivity contribution in [2.24, 2.45) is 5.92 Å². The van der Waals surface area contributed by atoms with Crippen molar-refractivity contribution < 1.29 is 14.6 Å². The van der Waals surface area contributed by atoms with Crippen LogP contribution in [-0.2, 0) is 9.53 Å². The summed E-state index contributed by atoms with van der Waals surface area (Å²) in [4.78, 5) is 14.7. The third kappa shape index (κ3) is 4.46. The van der Waals surface area contributed by atoms with Gasteiger partial charge in [0.2, 0.25) is 5.91 Å². The number of amides is 1. The van der Waals surface area contributed by atoms with Crippen LogP contribution in [0.25, 0.3) is 0 Å². The highest BCUT2D eigenvalue weighted by Crippen LogP contribution is 2.29. The van der Waals surface area contributed by atoms with Gasteiger partial charge in [-0.1, -0.05) is 26.2 Å². The number of likely N-dealkylation sites (tertiary alicyclic amines) is 1. The lowest BCUT2D eigenvalue weighted by Crippen LogP contribution is -2.51. The highest BCUT2D eigenvalue weighted by molar-refractivity contribution is 5.81. The predicted octanol–water partition coefficient (Wildman–Crippen LogP) is 1.69. The monoisotopic (exact) mass is 324 g/mol. The normalized spacial score (nSPS) is 32.8. The van der Waals surface area contributed by atoms with Crippen LogP contribution in [0.4, 0.5) is 0 Å². The first-order valence-electron chi connectivity index (χ1n) is 9.42. The van der Waals surface area contributed by atoms with Crippen LogP contribution in [0.5, 0.6) is 0 Å². The molecule has 0 aromatic rings. The van der Waals surface area contributed by atoms with E-state index in [2.05, 4.69) is 17.1 Å². The van der Waals surface area contributed by atoms with Crippen LogP contribution in [0.15, 0.2) is 0 Å². The summed E-state index contributed by atoms with van der Waals surface area (Å²) in [5.74, 6) is 0.398. The molecule has 23 heavy (non-hydrogen) atoms. The summed E-state index contributed by atoms with van der Waals surface area (Å²) in [6.07, 6.45) is 8.14. The molecule has 132 valence electrons. The van der Waals surface area contributed by atoms with Gasteiger partial charge in [-0.2, -0.15) is 0 Å². The maximum atomic E-state index is 12.3. The number of nitrogens with zero attached hydrogens (tertiary/aromatic N) is 1. The number of nitrogens with one attached hydrogen (secondary N) is 1. The second kappa shape index (κ2) is 7.49. The average Bonchev–Trinajstić information content (AvgIpc) is 2.96. The Morgan fingerprint density at radius 1 is 1.22 bits per heavy atom. The third-order valence-corrected chi connectivity index (χ3v) is 5.88. The molecule has 2 N–H and O–H groups in total. The fraction of sp³-hybridized carbons (Fsp3) is 0.944. The number of piperidine rings is 1. The van der Waals surface area contributed by atoms with Crippen molar-refractivity contribution in [1.29, 1.82) is 0 Å². The van der Waals surface area contributed by atoms with Gasteiger partial charge >= 0.3 is 0 Å². The minimum Gasteiger partial charge on any atom is -0.389 e. The standard InChI is InChI=1S/C18H32N2O3/c1-14-7-12-23-16(14)17(21)19-15-5-10-20(11-6-15)13-18(22)8-3-2-4-9-18/h14-16,22H,2-13H2,1H3,(H,19,21). The van der Waals surface area contributed by atoms with Crippen molar-refractivity contribution in [3.05, 3.63) is 0 Å². The number of ether oxygens (including phenoxy) is 1. The van der Waals surface area contributed by atoms with Gasteiger partial charge < -0.3 is 20.1 Å². The lowest BCUT2D eigenvalue weighted by molar-refractivity contribution is -0.132. The Labute approximate surface area is 139 Å². The summed E-state index contributed by atoms with van der Waals surface area (Å²) in [6, 6.07) is 0.260. The van der Waals surface area contributed by atoms with E-state index in [4.69, 9.17) is 4.74 Å². The Morgan fingerprint density at radius 3 is 2.52 bits per heavy atom. The fourth-order valence-corrected chi connectivity index (χ4v) is 4.33. The SMILES string of the molecule is CC1CCOC1C(=O)NC1CCN(CC2(O)CCCCC2)CC1. The summed E-state index contributed by atoms with van der Waals surface area (Å²) < 4.78 is 5.55. The summed E-state index contributed by atoms with van der Waals surface area (Å²) >= 11 is 0. The summed E-state index contributed by atoms with van der Waals surface area (Å²) in [5, 5.41) is 13.9. The zero-order valence-electron chi connectivity index (χ0n) is 14.4. The zero-order valence-corrected chi connectivity index (χ0v) is 14.4. The van der Waals surface area contributed by atoms with E-state index < -0.39 is 5.60 Å². The number of hydrogen-bond donors (Lipinski definition) is 2. The largest absolute Gasteiger partial charge is 0.389 e. The lowest BCUT2D eigenvalue weighted by atomic mass is 9.84. The topological polar surface area (TPSA) is 61.8 Å². The molecule has 0 bridgehead atoms. The van der Waals surface area contributed by atoms with E-state index in [9.17, 15) is 9.90 Å². The van der Waals surface area contributed by atoms with Gasteiger partial charge in [0.05, 0.1) is 5.60 Å². The van der Waals surface area contributed by atoms with E-state index in [1.807, 2.05) is 0 Å². The van der Waals surface area contributed by atoms with Gasteiger partial charge in [-0.3, -0.25) is 4.79 Å². The van der Waals surface area contributed by atoms with Crippen LogP contribution in [0.3, 0.4) is 0 Å². The Hall–Kier alpha value is -0.650. The molecule has 0 radical (unpaired) electrons. The molecule has 2 saturated heterocycles. The minimum absolute atomic E-state index is 0.0689. The summed E-state index contributed by atoms with van der Waals surface area (Å²) in [7, 11) is 0. The number of hydrogen-bond acceptors (Lipinski definition) is 4. The minimum atomic E-state index is -0.471. The molecule has 2 aliphatic heterocycles. The van der Waals surface area contributed by atoms with Gasteiger partial charge in [-0.15, -0.1) is 0 Å². The van der Waals surface area contributed by atoms with Crippen molar-refractivity contribution >= 4 is 5.91 Å². The molecule has 0 spiro atoms. The molecule has 1 saturated carbocycles. The van der Waals surface area contributed by atoms with Crippen molar-refractivity contribution in [3.63, 3.8) is 0 Å². The molecule has 0 aromatic heterocycles. The van der Waals surface area contributed by atoms with E-state index >= 15 is 0 Å². The van der Waals surface area contributed by atoms with Crippen LogP contribution >= 0.6 is 0 Å². The Bertz CT molecular complexity index is 401. The third-order valence-electron chi connectivity index (χ3n) is 5.88. The maximum Gasteiger partial charge on any atom is 0.249 e. The number of β-amino-alcohol motifs (C(OH)–C–C–N with tert-alkyl or cyclic N) is 1. The molecule has 3 rings (SSSR count). The molecule has 2 unspecified atom stereocenters. The molecular formula is C18H32N2O3. The number of carbonyl (C=O) groups excluding carboxylic acids is 1. The van der Waals surface area contributed by atoms with Crippen LogP contribution in [-0.4, -0.2) is 59.9 Å². The highest BCUT2D eigenvalue weighted by atomic mass is 16.5. The Balaban J connectivity index is 1.40. The molecule has 2 heterocycles. The van der Waals surface area contributed by atoms with Gasteiger partial charge in [0.15, 0.2) is 0 Å². The first kappa shape index (κ1) is 17.2. The molecule has 2 atom stereocenters. The van der Waals surface area contributed by atoms with E-state index in [-0.39, 0.29) is 18.1 Å². The summed E-state index contributed by atoms with van der Waals surface area (Å²) in [5.41, 5.74) is -0.471. The van der Waals surface area contributed by atoms with E-state index in [0.717, 1.165) is 64.6 Å². The molecule has 5 heteroatoms. The smallest absolute Gasteiger partial charge is 0.249 e. The Kier molecular flexibility index (Phi) is 5.60. The number of carbonyl (C=O) groups is 1. The first-order chi connectivity index (χ1) is 11.1. The molecular weight excluding hydrogens is 292 g/mol. The van der Waals surface area contributed by atoms with Crippen LogP contribution in [0, 0.1) is 5.92 Å². The molecule has 0 aromatic carbocycles. The maximum absolute atomic E-state index is 12.3. The second-order valence-electron chi connectivity index (χ2n) is 7.90. The van der Waals surface area contributed by atoms with Gasteiger partial charge in [0.25, 0.3) is 0 Å². The summed E-state index contributed by atoms with van der Waals surface area (Å²) in [6.45, 7) is 5.53. The van der Waals surface area contributed by atoms with Crippen molar-refractivity contribution in [2.45, 2.75) is 76.0 Å². The van der Waals surface area contributed by atoms with Crippen molar-refractivity contribution in [2.75, 3.05) is 26.2 Å². The molecule has 5 nitrogen and oxygen atoms in total. The number of aliphatic hydroxyl groups is 1. The average molecular weight is 324 g/mol. The van der Waals surface area contributed by atoms with E-state index in [1.165, 1.54) is 6.42 Å². The van der Waals surface area contributed by atoms with Gasteiger partial charge in [0, 0.05) is 32.3 Å². The van der Waals surface area contributed by atoms with Gasteiger partial charge in [0.1, 0.15) is 6.10 Å². The Morgan fingerprint density at radius 2 is 1.91 bits per heavy atom. The number of rotatable bonds is 4. The van der Waals surface area contributed by atoms with E-state index in [0.29, 0.717) is 12.5 Å². The first-order valence-corrected chi connectivity index (χ1v) is 9.42. The molecule has 3 fully saturated rings. The highest BCUT2D eigenvalue weighted by Gasteiger charge is 2.35. The van der Waals surface area contributed by atoms with E-state index in [1.54, 1.807) is 0 Å². The second-order valence-corrected chi connectivity index (χ2v) is 7.90. The molecule has 1 aliphatic carbocycles. The van der Waals surface area contributed by atoms with Crippen molar-refractivity contribution in [1.82, 2.24) is 10.2 Å². The van der Waals surface area contributed by atoms with Crippen LogP contribution in [0.2, 0.25) is 0 Å². The van der Waals surface area contributed by atoms with Gasteiger partial charge in [-0.25, -0.2) is 0 Å². The zero-order chi connectivity index (χ0) is 16.3. The quantitative estimate of drug-likeness (QED) is 0.826. The fourth-order valence-electron chi connectivity index (χ4n) is 4.33. The molecule has 1 amide bonds. The molecule has 3 aliphatic rings. The van der Waals surface area contributed by atoms with Crippen molar-refractivity contribution in [3.8, 4) is 0 Å². The van der Waals surface area contributed by atoms with Gasteiger partial charge in [-0.05, 0) is 38.0 Å². The van der Waals surface area contributed by atoms with Crippen LogP contribution in [0.1, 0.15) is 58.3 Å². The predicted molar refractivity (Wildman–Crippen MR) is 89.2 cm³/mol. The van der Waals surface area contributed by atoms with Crippen LogP contribution < -0.4 is 5.32 Å². The lowest BCUT2D eigenvalue weighted by Gasteiger charge is -2.40.